The van der Waals surface area contributed by atoms with Crippen molar-refractivity contribution in [3.05, 3.63) is 463 Å². The summed E-state index contributed by atoms with van der Waals surface area (Å²) in [5.41, 5.74) is 22.8. The predicted octanol–water partition coefficient (Wildman–Crippen LogP) is 27.8. The van der Waals surface area contributed by atoms with Crippen LogP contribution in [0.3, 0.4) is 0 Å². The molecule has 0 amide bonds. The molecule has 22 aromatic rings. The van der Waals surface area contributed by atoms with E-state index in [1.165, 1.54) is 0 Å². The first-order valence-corrected chi connectivity index (χ1v) is 41.6. The smallest absolute Gasteiger partial charge is 0.252 e. The fourth-order valence-corrected chi connectivity index (χ4v) is 22.1. The number of aromatic nitrogens is 2. The predicted molar refractivity (Wildman–Crippen MR) is 507 cm³/mol. The maximum Gasteiger partial charge on any atom is 0.252 e. The summed E-state index contributed by atoms with van der Waals surface area (Å²) in [7, 11) is 0. The highest BCUT2D eigenvalue weighted by atomic mass is 16.5. The Balaban J connectivity index is 0.775. The lowest BCUT2D eigenvalue weighted by molar-refractivity contribution is 0.436. The number of hydrogen-bond acceptors (Lipinski definition) is 5. The van der Waals surface area contributed by atoms with Gasteiger partial charge in [-0.25, -0.2) is 0 Å². The van der Waals surface area contributed by atoms with Crippen LogP contribution in [0, 0.1) is 0 Å². The summed E-state index contributed by atoms with van der Waals surface area (Å²) in [5.74, 6) is 2.77. The van der Waals surface area contributed by atoms with Gasteiger partial charge in [-0.15, -0.1) is 0 Å². The molecular weight excluding hydrogens is 1510 g/mol. The van der Waals surface area contributed by atoms with Gasteiger partial charge in [0.25, 0.3) is 6.71 Å². The van der Waals surface area contributed by atoms with E-state index in [1.54, 1.807) is 9.13 Å². The van der Waals surface area contributed by atoms with Crippen LogP contribution in [0.1, 0.15) is 66.4 Å². The van der Waals surface area contributed by atoms with Gasteiger partial charge >= 0.3 is 0 Å². The second-order valence-electron chi connectivity index (χ2n) is 32.7. The Morgan fingerprint density at radius 2 is 0.605 bits per heavy atom. The topological polar surface area (TPSA) is 47.9 Å². The number of ether oxygens (including phenoxy) is 2. The summed E-state index contributed by atoms with van der Waals surface area (Å²) in [6.07, 6.45) is 0. The second kappa shape index (κ2) is 25.2. The highest BCUT2D eigenvalue weighted by Crippen LogP contribution is 2.66. The molecule has 0 N–H and O–H groups in total. The largest absolute Gasteiger partial charge is 0.457 e. The van der Waals surface area contributed by atoms with E-state index in [0.717, 1.165) is 122 Å². The molecule has 2 spiro atoms. The molecule has 0 atom stereocenters. The van der Waals surface area contributed by atoms with Crippen molar-refractivity contribution in [3.63, 3.8) is 0 Å². The van der Waals surface area contributed by atoms with Gasteiger partial charge in [-0.2, -0.15) is 0 Å². The first-order valence-electron chi connectivity index (χ1n) is 49.6. The highest BCUT2D eigenvalue weighted by Gasteiger charge is 2.54. The third-order valence-electron chi connectivity index (χ3n) is 26.9. The van der Waals surface area contributed by atoms with E-state index in [1.807, 2.05) is 115 Å². The van der Waals surface area contributed by atoms with E-state index in [-0.39, 0.29) is 55.0 Å². The third kappa shape index (κ3) is 8.99. The molecule has 0 saturated heterocycles. The van der Waals surface area contributed by atoms with Crippen LogP contribution in [0.25, 0.3) is 133 Å². The monoisotopic (exact) mass is 1590 g/mol. The van der Waals surface area contributed by atoms with E-state index < -0.39 is 114 Å². The van der Waals surface area contributed by atoms with Crippen molar-refractivity contribution in [3.8, 4) is 90.0 Å². The van der Waals surface area contributed by atoms with Crippen molar-refractivity contribution in [1.82, 2.24) is 9.13 Å². The molecule has 8 heteroatoms. The maximum absolute atomic E-state index is 10.0. The Bertz CT molecular complexity index is 8790. The zero-order valence-corrected chi connectivity index (χ0v) is 65.7. The van der Waals surface area contributed by atoms with Gasteiger partial charge in [0.1, 0.15) is 34.2 Å². The molecule has 7 nitrogen and oxygen atoms in total. The number of rotatable bonds is 7. The molecule has 574 valence electrons. The summed E-state index contributed by atoms with van der Waals surface area (Å²) in [5, 5.41) is 1.33. The second-order valence-corrected chi connectivity index (χ2v) is 32.7. The Hall–Kier alpha value is -16.2. The van der Waals surface area contributed by atoms with Gasteiger partial charge in [0.2, 0.25) is 0 Å². The van der Waals surface area contributed by atoms with Gasteiger partial charge in [0.15, 0.2) is 0 Å². The molecule has 3 aromatic heterocycles. The van der Waals surface area contributed by atoms with Crippen molar-refractivity contribution >= 4 is 123 Å². The summed E-state index contributed by atoms with van der Waals surface area (Å²) >= 11 is 0. The molecule has 28 rings (SSSR count). The molecule has 7 heterocycles. The minimum atomic E-state index is -0.903. The molecule has 2 aliphatic carbocycles. The molecular formula is C116H69BN4O3. The van der Waals surface area contributed by atoms with Crippen LogP contribution in [0.5, 0.6) is 23.0 Å². The van der Waals surface area contributed by atoms with Crippen molar-refractivity contribution in [2.24, 2.45) is 0 Å². The van der Waals surface area contributed by atoms with Crippen LogP contribution in [0.4, 0.5) is 34.1 Å². The van der Waals surface area contributed by atoms with Crippen molar-refractivity contribution in [2.45, 2.75) is 10.8 Å². The SMILES string of the molecule is [2H]c1c([2H])c([2H])c2c(c1[2H])c1c([2H])c([2H])c([2H])c([2H])c1n2-c1ccc2c(c1)N(c1ccccc1-c1ccc3c(c1)C1(c4ccccc4O3)c3ccccc3-c3ccccc31)c1cc(-c3ccc4oc5ccccc5c4c3)cc3c1B2c1ccc(-n2c4c([2H])c([2H])c([2H])c([2H])c4c4c([2H])c([2H])c([2H])c([2H])c42)cc1N3c1ccccc1-c1ccc2c(c1)C1(c3ccccc3O2)c2ccccc2-c2ccccc21. The van der Waals surface area contributed by atoms with Gasteiger partial charge in [-0.1, -0.05) is 291 Å². The number of nitrogens with zero attached hydrogens (tertiary/aromatic N) is 4. The van der Waals surface area contributed by atoms with Crippen LogP contribution in [0.15, 0.2) is 423 Å². The fraction of sp³-hybridized carbons (Fsp3) is 0.0172. The molecule has 0 bridgehead atoms. The van der Waals surface area contributed by atoms with Crippen LogP contribution >= 0.6 is 0 Å². The summed E-state index contributed by atoms with van der Waals surface area (Å²) in [6.45, 7) is -0.846. The summed E-state index contributed by atoms with van der Waals surface area (Å²) in [4.78, 5) is 4.52. The third-order valence-corrected chi connectivity index (χ3v) is 26.9. The Morgan fingerprint density at radius 3 is 1.06 bits per heavy atom. The minimum Gasteiger partial charge on any atom is -0.457 e. The van der Waals surface area contributed by atoms with E-state index >= 15 is 0 Å². The molecule has 0 saturated carbocycles. The number of fused-ring (bicyclic) bond motifs is 31. The summed E-state index contributed by atoms with van der Waals surface area (Å²) in [6, 6.07) is 102. The van der Waals surface area contributed by atoms with E-state index in [2.05, 4.69) is 216 Å². The maximum atomic E-state index is 10.0. The fourth-order valence-electron chi connectivity index (χ4n) is 22.1. The molecule has 0 radical (unpaired) electrons. The number of furan rings is 1. The average Bonchev–Trinajstić information content (AvgIpc) is 1.47. The van der Waals surface area contributed by atoms with Gasteiger partial charge in [0, 0.05) is 99.8 Å². The zero-order valence-electron chi connectivity index (χ0n) is 81.7. The van der Waals surface area contributed by atoms with Gasteiger partial charge in [-0.3, -0.25) is 0 Å². The lowest BCUT2D eigenvalue weighted by atomic mass is 9.33. The normalized spacial score (nSPS) is 15.8. The lowest BCUT2D eigenvalue weighted by Gasteiger charge is -2.45. The van der Waals surface area contributed by atoms with Crippen LogP contribution in [0.2, 0.25) is 0 Å². The molecule has 4 aliphatic heterocycles. The van der Waals surface area contributed by atoms with Crippen molar-refractivity contribution in [2.75, 3.05) is 9.80 Å². The Morgan fingerprint density at radius 1 is 0.242 bits per heavy atom. The lowest BCUT2D eigenvalue weighted by Crippen LogP contribution is -2.61. The van der Waals surface area contributed by atoms with E-state index in [0.29, 0.717) is 73.3 Å². The summed E-state index contributed by atoms with van der Waals surface area (Å²) < 4.78 is 178. The van der Waals surface area contributed by atoms with Gasteiger partial charge in [-0.05, 0) is 210 Å². The highest BCUT2D eigenvalue weighted by molar-refractivity contribution is 7.00. The van der Waals surface area contributed by atoms with Crippen LogP contribution in [-0.4, -0.2) is 15.8 Å². The Labute approximate surface area is 737 Å². The van der Waals surface area contributed by atoms with E-state index in [9.17, 15) is 21.9 Å². The molecule has 0 unspecified atom stereocenters. The number of anilines is 6. The molecule has 0 fully saturated rings. The standard InChI is InChI=1S/C116H69BN4O3/c1-12-38-88-78(29-1)79-30-2-13-39-89(79)115(88)92-42-16-25-51-110(92)123-112-61-54-71(64-94(112)115)76-27-5-18-44-98(76)120-104-68-74(118-100-46-20-7-33-82(100)83-34-8-21-47-101(83)118)56-58-96(104)117-97-59-57-75(119-102-48-22-9-35-84(102)85-36-10-23-49-103(85)119)69-105(97)121(107-67-73(66-106(120)114(107)117)70-53-60-109-87(63-70)86-37-11-24-50-108(86)122-109)99-45-19-6-28-77(99)72-55-62-113-95(65-72)116(93-43-17-26-52-111(93)124-113)90-40-14-3-31-80(90)81-32-4-15-41-91(81)116/h1-69H/i7D,8D,9D,10D,20D,21D,22D,23D,33D,34D,35D,36D,46D,47D,48D,49D. The zero-order chi connectivity index (χ0) is 94.7. The number of para-hydroxylation sites is 9. The molecule has 6 aliphatic rings. The molecule has 19 aromatic carbocycles. The minimum absolute atomic E-state index is 0.0800. The van der Waals surface area contributed by atoms with E-state index in [4.69, 9.17) is 13.9 Å². The number of benzene rings is 19. The first-order chi connectivity index (χ1) is 68.1. The first kappa shape index (κ1) is 54.1. The number of hydrogen-bond donors (Lipinski definition) is 0. The quantitative estimate of drug-likeness (QED) is 0.149. The Kier molecular flexibility index (Phi) is 11.0. The van der Waals surface area contributed by atoms with Crippen molar-refractivity contribution < 1.29 is 35.8 Å². The van der Waals surface area contributed by atoms with Crippen LogP contribution < -0.4 is 35.7 Å². The average molecular weight is 1590 g/mol. The van der Waals surface area contributed by atoms with Crippen LogP contribution in [-0.2, 0) is 10.8 Å². The van der Waals surface area contributed by atoms with Crippen molar-refractivity contribution in [1.29, 1.82) is 0 Å². The van der Waals surface area contributed by atoms with Gasteiger partial charge < -0.3 is 32.8 Å². The molecule has 124 heavy (non-hydrogen) atoms. The van der Waals surface area contributed by atoms with Gasteiger partial charge in [0.05, 0.1) is 66.2 Å².